The summed E-state index contributed by atoms with van der Waals surface area (Å²) in [6.45, 7) is 6.12. The molecule has 3 atom stereocenters. The van der Waals surface area contributed by atoms with Crippen molar-refractivity contribution in [3.8, 4) is 0 Å². The highest BCUT2D eigenvalue weighted by atomic mass is 19.4. The van der Waals surface area contributed by atoms with Gasteiger partial charge in [0.2, 0.25) is 5.91 Å². The number of nitrogens with zero attached hydrogens (tertiary/aromatic N) is 2. The number of carbonyl (C=O) groups excluding carboxylic acids is 1. The van der Waals surface area contributed by atoms with E-state index in [1.807, 2.05) is 36.1 Å². The molecule has 0 spiro atoms. The fourth-order valence-corrected chi connectivity index (χ4v) is 4.90. The van der Waals surface area contributed by atoms with Gasteiger partial charge in [-0.25, -0.2) is 4.98 Å². The van der Waals surface area contributed by atoms with Crippen molar-refractivity contribution in [2.24, 2.45) is 0 Å². The smallest absolute Gasteiger partial charge is 0.338 e. The van der Waals surface area contributed by atoms with Crippen LogP contribution in [0.3, 0.4) is 0 Å². The van der Waals surface area contributed by atoms with Gasteiger partial charge in [0.05, 0.1) is 5.56 Å². The molecule has 5 nitrogen and oxygen atoms in total. The largest absolute Gasteiger partial charge is 0.416 e. The van der Waals surface area contributed by atoms with E-state index in [2.05, 4.69) is 15.6 Å². The highest BCUT2D eigenvalue weighted by Crippen LogP contribution is 2.43. The zero-order valence-electron chi connectivity index (χ0n) is 17.9. The van der Waals surface area contributed by atoms with Crippen molar-refractivity contribution in [1.29, 1.82) is 0 Å². The van der Waals surface area contributed by atoms with Crippen LogP contribution < -0.4 is 15.5 Å². The molecule has 31 heavy (non-hydrogen) atoms. The Hall–Kier alpha value is -2.61. The van der Waals surface area contributed by atoms with E-state index >= 15 is 0 Å². The lowest BCUT2D eigenvalue weighted by Crippen LogP contribution is -2.55. The SMILES string of the molecule is Cc1cccc(NC(=O)C2(C)CC3NCCCC3N2c2cc(C(F)(F)F)cc(C)n2)c1. The lowest BCUT2D eigenvalue weighted by atomic mass is 9.94. The predicted octanol–water partition coefficient (Wildman–Crippen LogP) is 4.45. The van der Waals surface area contributed by atoms with Crippen molar-refractivity contribution in [2.45, 2.75) is 63.8 Å². The third-order valence-corrected chi connectivity index (χ3v) is 6.31. The monoisotopic (exact) mass is 432 g/mol. The third kappa shape index (κ3) is 4.13. The van der Waals surface area contributed by atoms with Crippen LogP contribution in [0.4, 0.5) is 24.7 Å². The molecule has 3 heterocycles. The molecule has 166 valence electrons. The minimum absolute atomic E-state index is 0.0126. The first-order valence-corrected chi connectivity index (χ1v) is 10.5. The van der Waals surface area contributed by atoms with E-state index in [4.69, 9.17) is 0 Å². The summed E-state index contributed by atoms with van der Waals surface area (Å²) in [6, 6.07) is 9.51. The van der Waals surface area contributed by atoms with Gasteiger partial charge in [0, 0.05) is 23.5 Å². The van der Waals surface area contributed by atoms with Gasteiger partial charge in [-0.1, -0.05) is 12.1 Å². The summed E-state index contributed by atoms with van der Waals surface area (Å²) in [6.07, 6.45) is -2.30. The minimum atomic E-state index is -4.48. The first-order chi connectivity index (χ1) is 14.6. The van der Waals surface area contributed by atoms with E-state index in [0.717, 1.165) is 37.1 Å². The van der Waals surface area contributed by atoms with Crippen molar-refractivity contribution in [3.63, 3.8) is 0 Å². The van der Waals surface area contributed by atoms with Crippen LogP contribution in [0.25, 0.3) is 0 Å². The molecule has 2 N–H and O–H groups in total. The number of pyridine rings is 1. The Balaban J connectivity index is 1.75. The number of alkyl halides is 3. The maximum Gasteiger partial charge on any atom is 0.416 e. The minimum Gasteiger partial charge on any atom is -0.338 e. The maximum atomic E-state index is 13.5. The molecular formula is C23H27F3N4O. The number of nitrogens with one attached hydrogen (secondary N) is 2. The second-order valence-corrected chi connectivity index (χ2v) is 8.79. The Bertz CT molecular complexity index is 993. The number of aromatic nitrogens is 1. The molecule has 3 unspecified atom stereocenters. The molecule has 0 radical (unpaired) electrons. The van der Waals surface area contributed by atoms with Gasteiger partial charge in [0.15, 0.2) is 0 Å². The topological polar surface area (TPSA) is 57.3 Å². The van der Waals surface area contributed by atoms with Crippen molar-refractivity contribution >= 4 is 17.4 Å². The zero-order valence-corrected chi connectivity index (χ0v) is 17.9. The molecule has 1 aromatic heterocycles. The third-order valence-electron chi connectivity index (χ3n) is 6.31. The Morgan fingerprint density at radius 1 is 1.26 bits per heavy atom. The van der Waals surface area contributed by atoms with Gasteiger partial charge in [0.25, 0.3) is 0 Å². The average Bonchev–Trinajstić information content (AvgIpc) is 3.00. The number of halogens is 3. The van der Waals surface area contributed by atoms with Crippen LogP contribution in [-0.4, -0.2) is 35.1 Å². The number of rotatable bonds is 3. The average molecular weight is 432 g/mol. The van der Waals surface area contributed by atoms with E-state index in [1.165, 1.54) is 0 Å². The fraction of sp³-hybridized carbons (Fsp3) is 0.478. The van der Waals surface area contributed by atoms with Crippen molar-refractivity contribution in [3.05, 3.63) is 53.2 Å². The quantitative estimate of drug-likeness (QED) is 0.753. The Kier molecular flexibility index (Phi) is 5.45. The van der Waals surface area contributed by atoms with E-state index in [1.54, 1.807) is 13.8 Å². The molecule has 2 aliphatic heterocycles. The molecular weight excluding hydrogens is 405 g/mol. The maximum absolute atomic E-state index is 13.5. The molecule has 1 amide bonds. The number of hydrogen-bond acceptors (Lipinski definition) is 4. The summed E-state index contributed by atoms with van der Waals surface area (Å²) in [5, 5.41) is 6.43. The summed E-state index contributed by atoms with van der Waals surface area (Å²) < 4.78 is 40.5. The normalized spacial score (nSPS) is 25.9. The van der Waals surface area contributed by atoms with E-state index in [0.29, 0.717) is 12.1 Å². The molecule has 2 saturated heterocycles. The molecule has 0 bridgehead atoms. The molecule has 2 aromatic rings. The highest BCUT2D eigenvalue weighted by Gasteiger charge is 2.54. The van der Waals surface area contributed by atoms with Crippen LogP contribution in [-0.2, 0) is 11.0 Å². The first-order valence-electron chi connectivity index (χ1n) is 10.5. The van der Waals surface area contributed by atoms with Gasteiger partial charge < -0.3 is 15.5 Å². The number of carbonyl (C=O) groups is 1. The summed E-state index contributed by atoms with van der Waals surface area (Å²) in [4.78, 5) is 19.8. The fourth-order valence-electron chi connectivity index (χ4n) is 4.90. The molecule has 8 heteroatoms. The summed E-state index contributed by atoms with van der Waals surface area (Å²) in [7, 11) is 0. The molecule has 4 rings (SSSR count). The highest BCUT2D eigenvalue weighted by molar-refractivity contribution is 6.01. The second-order valence-electron chi connectivity index (χ2n) is 8.79. The standard InChI is InChI=1S/C23H27F3N4O/c1-14-6-4-7-17(10-14)29-21(31)22(3)13-18-19(8-5-9-27-18)30(22)20-12-16(23(24,25)26)11-15(2)28-20/h4,6-7,10-12,18-19,27H,5,8-9,13H2,1-3H3,(H,29,31). The van der Waals surface area contributed by atoms with Gasteiger partial charge in [-0.2, -0.15) is 13.2 Å². The van der Waals surface area contributed by atoms with Crippen LogP contribution in [0.5, 0.6) is 0 Å². The molecule has 2 fully saturated rings. The second kappa shape index (κ2) is 7.82. The Labute approximate surface area is 180 Å². The number of aryl methyl sites for hydroxylation is 2. The number of anilines is 2. The molecule has 2 aliphatic rings. The van der Waals surface area contributed by atoms with E-state index in [-0.39, 0.29) is 29.5 Å². The number of benzene rings is 1. The first kappa shape index (κ1) is 21.6. The van der Waals surface area contributed by atoms with Crippen LogP contribution in [0.15, 0.2) is 36.4 Å². The van der Waals surface area contributed by atoms with Gasteiger partial charge in [-0.3, -0.25) is 4.79 Å². The van der Waals surface area contributed by atoms with E-state index in [9.17, 15) is 18.0 Å². The lowest BCUT2D eigenvalue weighted by Gasteiger charge is -2.40. The number of amides is 1. The Morgan fingerprint density at radius 3 is 2.74 bits per heavy atom. The van der Waals surface area contributed by atoms with Crippen LogP contribution in [0, 0.1) is 13.8 Å². The van der Waals surface area contributed by atoms with Gasteiger partial charge in [-0.05, 0) is 76.4 Å². The van der Waals surface area contributed by atoms with Gasteiger partial charge in [-0.15, -0.1) is 0 Å². The van der Waals surface area contributed by atoms with Crippen LogP contribution in [0.1, 0.15) is 43.0 Å². The summed E-state index contributed by atoms with van der Waals surface area (Å²) in [5.74, 6) is -0.0448. The summed E-state index contributed by atoms with van der Waals surface area (Å²) in [5.41, 5.74) is 0.168. The molecule has 0 aliphatic carbocycles. The number of hydrogen-bond donors (Lipinski definition) is 2. The van der Waals surface area contributed by atoms with Crippen molar-refractivity contribution < 1.29 is 18.0 Å². The summed E-state index contributed by atoms with van der Waals surface area (Å²) >= 11 is 0. The van der Waals surface area contributed by atoms with Crippen molar-refractivity contribution in [2.75, 3.05) is 16.8 Å². The van der Waals surface area contributed by atoms with Gasteiger partial charge >= 0.3 is 6.18 Å². The zero-order chi connectivity index (χ0) is 22.4. The van der Waals surface area contributed by atoms with Crippen LogP contribution >= 0.6 is 0 Å². The Morgan fingerprint density at radius 2 is 2.03 bits per heavy atom. The lowest BCUT2D eigenvalue weighted by molar-refractivity contribution is -0.137. The van der Waals surface area contributed by atoms with Gasteiger partial charge in [0.1, 0.15) is 11.4 Å². The number of piperidine rings is 1. The van der Waals surface area contributed by atoms with E-state index < -0.39 is 17.3 Å². The van der Waals surface area contributed by atoms with Crippen LogP contribution in [0.2, 0.25) is 0 Å². The number of fused-ring (bicyclic) bond motifs is 1. The molecule has 1 aromatic carbocycles. The molecule has 0 saturated carbocycles. The van der Waals surface area contributed by atoms with Crippen molar-refractivity contribution in [1.82, 2.24) is 10.3 Å². The predicted molar refractivity (Wildman–Crippen MR) is 114 cm³/mol.